The van der Waals surface area contributed by atoms with E-state index in [4.69, 9.17) is 0 Å². The highest BCUT2D eigenvalue weighted by Crippen LogP contribution is 2.16. The van der Waals surface area contributed by atoms with Gasteiger partial charge >= 0.3 is 0 Å². The summed E-state index contributed by atoms with van der Waals surface area (Å²) in [6.45, 7) is 3.61. The van der Waals surface area contributed by atoms with Crippen LogP contribution in [0.1, 0.15) is 23.2 Å². The van der Waals surface area contributed by atoms with E-state index in [0.717, 1.165) is 5.52 Å². The molecule has 2 aromatic rings. The van der Waals surface area contributed by atoms with E-state index in [0.29, 0.717) is 23.9 Å². The van der Waals surface area contributed by atoms with Crippen molar-refractivity contribution < 1.29 is 4.79 Å². The minimum absolute atomic E-state index is 0.0889. The number of nitrogens with zero attached hydrogens (tertiary/aromatic N) is 2. The van der Waals surface area contributed by atoms with Crippen LogP contribution in [0.4, 0.5) is 0 Å². The molecule has 0 unspecified atom stereocenters. The van der Waals surface area contributed by atoms with Crippen molar-refractivity contribution in [3.63, 3.8) is 0 Å². The maximum atomic E-state index is 11.9. The number of Topliss-reactive ketones (excluding diaryl/α,β-unsaturated/α-hetero) is 1. The molecule has 0 amide bonds. The van der Waals surface area contributed by atoms with E-state index in [1.807, 2.05) is 12.1 Å². The maximum Gasteiger partial charge on any atom is 0.165 e. The van der Waals surface area contributed by atoms with Crippen molar-refractivity contribution in [2.45, 2.75) is 12.8 Å². The largest absolute Gasteiger partial charge is 0.294 e. The molecule has 0 spiro atoms. The van der Waals surface area contributed by atoms with Crippen LogP contribution in [0.5, 0.6) is 0 Å². The zero-order chi connectivity index (χ0) is 11.4. The fraction of sp³-hybridized carbons (Fsp3) is 0.154. The number of para-hydroxylation sites is 1. The summed E-state index contributed by atoms with van der Waals surface area (Å²) in [4.78, 5) is 20.3. The highest BCUT2D eigenvalue weighted by Gasteiger charge is 2.09. The van der Waals surface area contributed by atoms with E-state index in [1.165, 1.54) is 0 Å². The smallest absolute Gasteiger partial charge is 0.165 e. The molecule has 0 bridgehead atoms. The summed E-state index contributed by atoms with van der Waals surface area (Å²) in [7, 11) is 0. The molecule has 1 aromatic carbocycles. The molecule has 0 N–H and O–H groups in total. The molecule has 0 radical (unpaired) electrons. The van der Waals surface area contributed by atoms with Gasteiger partial charge in [-0.25, -0.2) is 0 Å². The van der Waals surface area contributed by atoms with Crippen LogP contribution in [0, 0.1) is 0 Å². The number of hydrogen-bond acceptors (Lipinski definition) is 3. The second kappa shape index (κ2) is 4.66. The molecular formula is C13H12N2O. The van der Waals surface area contributed by atoms with Crippen molar-refractivity contribution in [2.24, 2.45) is 0 Å². The molecule has 0 atom stereocenters. The fourth-order valence-electron chi connectivity index (χ4n) is 1.59. The van der Waals surface area contributed by atoms with E-state index in [1.54, 1.807) is 24.5 Å². The van der Waals surface area contributed by atoms with Gasteiger partial charge in [-0.3, -0.25) is 14.8 Å². The Kier molecular flexibility index (Phi) is 3.05. The topological polar surface area (TPSA) is 42.9 Å². The Morgan fingerprint density at radius 3 is 2.94 bits per heavy atom. The molecule has 2 rings (SSSR count). The number of benzene rings is 1. The summed E-state index contributed by atoms with van der Waals surface area (Å²) in [5, 5.41) is 0. The molecule has 80 valence electrons. The van der Waals surface area contributed by atoms with Gasteiger partial charge < -0.3 is 0 Å². The zero-order valence-electron chi connectivity index (χ0n) is 8.89. The van der Waals surface area contributed by atoms with Gasteiger partial charge in [0.25, 0.3) is 0 Å². The van der Waals surface area contributed by atoms with Crippen molar-refractivity contribution >= 4 is 16.8 Å². The monoisotopic (exact) mass is 212 g/mol. The van der Waals surface area contributed by atoms with Crippen LogP contribution < -0.4 is 0 Å². The van der Waals surface area contributed by atoms with Crippen molar-refractivity contribution in [2.75, 3.05) is 0 Å². The van der Waals surface area contributed by atoms with Gasteiger partial charge in [-0.2, -0.15) is 0 Å². The van der Waals surface area contributed by atoms with Gasteiger partial charge in [-0.15, -0.1) is 6.58 Å². The lowest BCUT2D eigenvalue weighted by atomic mass is 10.0. The Morgan fingerprint density at radius 1 is 1.31 bits per heavy atom. The Balaban J connectivity index is 2.44. The Morgan fingerprint density at radius 2 is 2.12 bits per heavy atom. The third-order valence-corrected chi connectivity index (χ3v) is 2.37. The molecule has 1 heterocycles. The molecule has 3 nitrogen and oxygen atoms in total. The number of aromatic nitrogens is 2. The third-order valence-electron chi connectivity index (χ3n) is 2.37. The molecule has 1 aromatic heterocycles. The number of ketones is 1. The average molecular weight is 212 g/mol. The van der Waals surface area contributed by atoms with Crippen LogP contribution in [0.2, 0.25) is 0 Å². The van der Waals surface area contributed by atoms with E-state index < -0.39 is 0 Å². The van der Waals surface area contributed by atoms with Gasteiger partial charge in [0.2, 0.25) is 0 Å². The van der Waals surface area contributed by atoms with E-state index in [-0.39, 0.29) is 5.78 Å². The first-order valence-electron chi connectivity index (χ1n) is 5.17. The quantitative estimate of drug-likeness (QED) is 0.578. The predicted octanol–water partition coefficient (Wildman–Crippen LogP) is 2.78. The number of rotatable bonds is 4. The minimum atomic E-state index is 0.0889. The summed E-state index contributed by atoms with van der Waals surface area (Å²) in [5.74, 6) is 0.0889. The number of carbonyl (C=O) groups is 1. The van der Waals surface area contributed by atoms with E-state index in [9.17, 15) is 4.79 Å². The van der Waals surface area contributed by atoms with Gasteiger partial charge in [0.05, 0.1) is 11.0 Å². The Hall–Kier alpha value is -2.03. The second-order valence-corrected chi connectivity index (χ2v) is 3.48. The van der Waals surface area contributed by atoms with Crippen LogP contribution in [-0.2, 0) is 0 Å². The van der Waals surface area contributed by atoms with Gasteiger partial charge in [0.15, 0.2) is 5.78 Å². The van der Waals surface area contributed by atoms with Crippen LogP contribution >= 0.6 is 0 Å². The Bertz CT molecular complexity index is 529. The summed E-state index contributed by atoms with van der Waals surface area (Å²) in [5.41, 5.74) is 2.08. The first-order valence-corrected chi connectivity index (χ1v) is 5.17. The van der Waals surface area contributed by atoms with Gasteiger partial charge in [-0.05, 0) is 18.6 Å². The molecule has 0 saturated carbocycles. The number of fused-ring (bicyclic) bond motifs is 1. The average Bonchev–Trinajstić information content (AvgIpc) is 2.35. The molecule has 0 aliphatic heterocycles. The summed E-state index contributed by atoms with van der Waals surface area (Å²) in [6.07, 6.45) is 6.14. The molecule has 0 saturated heterocycles. The molecular weight excluding hydrogens is 200 g/mol. The lowest BCUT2D eigenvalue weighted by Gasteiger charge is -2.02. The molecule has 3 heteroatoms. The predicted molar refractivity (Wildman–Crippen MR) is 63.3 cm³/mol. The summed E-state index contributed by atoms with van der Waals surface area (Å²) < 4.78 is 0. The summed E-state index contributed by atoms with van der Waals surface area (Å²) in [6, 6.07) is 5.48. The lowest BCUT2D eigenvalue weighted by molar-refractivity contribution is 0.0985. The Labute approximate surface area is 93.8 Å². The first kappa shape index (κ1) is 10.5. The van der Waals surface area contributed by atoms with Gasteiger partial charge in [0, 0.05) is 24.4 Å². The van der Waals surface area contributed by atoms with Crippen molar-refractivity contribution in [3.05, 3.63) is 48.8 Å². The van der Waals surface area contributed by atoms with E-state index >= 15 is 0 Å². The minimum Gasteiger partial charge on any atom is -0.294 e. The van der Waals surface area contributed by atoms with E-state index in [2.05, 4.69) is 16.5 Å². The molecule has 0 fully saturated rings. The fourth-order valence-corrected chi connectivity index (χ4v) is 1.59. The standard InChI is InChI=1S/C13H12N2O/c1-2-3-7-12(16)10-5-4-6-11-13(10)15-9-8-14-11/h2,4-6,8-9H,1,3,7H2. The number of carbonyl (C=O) groups excluding carboxylic acids is 1. The first-order chi connectivity index (χ1) is 7.83. The normalized spacial score (nSPS) is 10.2. The van der Waals surface area contributed by atoms with Gasteiger partial charge in [0.1, 0.15) is 0 Å². The van der Waals surface area contributed by atoms with Crippen LogP contribution in [-0.4, -0.2) is 15.8 Å². The number of hydrogen-bond donors (Lipinski definition) is 0. The second-order valence-electron chi connectivity index (χ2n) is 3.48. The molecule has 0 aliphatic carbocycles. The lowest BCUT2D eigenvalue weighted by Crippen LogP contribution is -2.00. The molecule has 16 heavy (non-hydrogen) atoms. The van der Waals surface area contributed by atoms with Crippen LogP contribution in [0.15, 0.2) is 43.2 Å². The van der Waals surface area contributed by atoms with Crippen LogP contribution in [0.25, 0.3) is 11.0 Å². The number of allylic oxidation sites excluding steroid dienone is 1. The maximum absolute atomic E-state index is 11.9. The zero-order valence-corrected chi connectivity index (χ0v) is 8.89. The SMILES string of the molecule is C=CCCC(=O)c1cccc2nccnc12. The highest BCUT2D eigenvalue weighted by molar-refractivity contribution is 6.05. The van der Waals surface area contributed by atoms with Crippen molar-refractivity contribution in [1.82, 2.24) is 9.97 Å². The van der Waals surface area contributed by atoms with Crippen molar-refractivity contribution in [3.8, 4) is 0 Å². The van der Waals surface area contributed by atoms with Gasteiger partial charge in [-0.1, -0.05) is 12.1 Å². The van der Waals surface area contributed by atoms with Crippen molar-refractivity contribution in [1.29, 1.82) is 0 Å². The third kappa shape index (κ3) is 1.98. The van der Waals surface area contributed by atoms with Crippen LogP contribution in [0.3, 0.4) is 0 Å². The highest BCUT2D eigenvalue weighted by atomic mass is 16.1. The molecule has 0 aliphatic rings. The summed E-state index contributed by atoms with van der Waals surface area (Å²) >= 11 is 0.